The minimum atomic E-state index is -0.442. The van der Waals surface area contributed by atoms with Gasteiger partial charge in [-0.2, -0.15) is 5.10 Å². The van der Waals surface area contributed by atoms with Crippen molar-refractivity contribution in [2.45, 2.75) is 26.2 Å². The summed E-state index contributed by atoms with van der Waals surface area (Å²) in [5, 5.41) is 18.1. The topological polar surface area (TPSA) is 79.6 Å². The summed E-state index contributed by atoms with van der Waals surface area (Å²) in [5.74, 6) is 0. The van der Waals surface area contributed by atoms with Crippen molar-refractivity contribution in [2.24, 2.45) is 5.10 Å². The van der Waals surface area contributed by atoms with Crippen LogP contribution >= 0.6 is 12.2 Å². The summed E-state index contributed by atoms with van der Waals surface area (Å²) in [6.45, 7) is 2.92. The van der Waals surface area contributed by atoms with Gasteiger partial charge >= 0.3 is 0 Å². The fourth-order valence-electron chi connectivity index (χ4n) is 1.54. The van der Waals surface area contributed by atoms with Crippen LogP contribution in [-0.4, -0.2) is 22.8 Å². The number of rotatable bonds is 7. The molecule has 0 unspecified atom stereocenters. The maximum absolute atomic E-state index is 10.8. The molecule has 2 N–H and O–H groups in total. The Morgan fingerprint density at radius 2 is 2.20 bits per heavy atom. The maximum Gasteiger partial charge on any atom is 0.278 e. The number of hydrogen-bond acceptors (Lipinski definition) is 4. The monoisotopic (exact) mass is 294 g/mol. The van der Waals surface area contributed by atoms with Crippen LogP contribution < -0.4 is 10.7 Å². The van der Waals surface area contributed by atoms with Crippen LogP contribution in [0.3, 0.4) is 0 Å². The summed E-state index contributed by atoms with van der Waals surface area (Å²) >= 11 is 5.03. The quantitative estimate of drug-likeness (QED) is 0.266. The molecule has 108 valence electrons. The second kappa shape index (κ2) is 8.98. The van der Waals surface area contributed by atoms with E-state index in [0.717, 1.165) is 25.8 Å². The Bertz CT molecular complexity index is 491. The lowest BCUT2D eigenvalue weighted by Crippen LogP contribution is -2.32. The summed E-state index contributed by atoms with van der Waals surface area (Å²) in [6, 6.07) is 6.39. The standard InChI is InChI=1S/C13H18N4O2S/c1-2-3-6-9-14-13(20)16-15-10-11-7-4-5-8-12(11)17(18)19/h4-5,7-8,10H,2-3,6,9H2,1H3,(H2,14,16,20)/b15-10-. The molecule has 0 fully saturated rings. The van der Waals surface area contributed by atoms with Crippen molar-refractivity contribution in [1.29, 1.82) is 0 Å². The van der Waals surface area contributed by atoms with Gasteiger partial charge in [0.05, 0.1) is 16.7 Å². The number of unbranched alkanes of at least 4 members (excludes halogenated alkanes) is 2. The van der Waals surface area contributed by atoms with E-state index in [-0.39, 0.29) is 5.69 Å². The van der Waals surface area contributed by atoms with Crippen molar-refractivity contribution in [3.8, 4) is 0 Å². The molecule has 0 aliphatic carbocycles. The van der Waals surface area contributed by atoms with Crippen LogP contribution in [0.5, 0.6) is 0 Å². The van der Waals surface area contributed by atoms with E-state index in [2.05, 4.69) is 22.8 Å². The molecule has 0 amide bonds. The average molecular weight is 294 g/mol. The molecule has 0 radical (unpaired) electrons. The van der Waals surface area contributed by atoms with Crippen molar-refractivity contribution in [3.05, 3.63) is 39.9 Å². The number of nitro benzene ring substituents is 1. The van der Waals surface area contributed by atoms with E-state index in [0.29, 0.717) is 10.7 Å². The molecule has 0 heterocycles. The van der Waals surface area contributed by atoms with Gasteiger partial charge in [-0.3, -0.25) is 15.5 Å². The molecular formula is C13H18N4O2S. The predicted molar refractivity (Wildman–Crippen MR) is 84.0 cm³/mol. The fourth-order valence-corrected chi connectivity index (χ4v) is 1.69. The zero-order valence-electron chi connectivity index (χ0n) is 11.3. The first-order valence-electron chi connectivity index (χ1n) is 6.45. The lowest BCUT2D eigenvalue weighted by atomic mass is 10.2. The molecule has 6 nitrogen and oxygen atoms in total. The SMILES string of the molecule is CCCCCNC(=S)N/N=C\c1ccccc1[N+](=O)[O-]. The van der Waals surface area contributed by atoms with Crippen molar-refractivity contribution in [2.75, 3.05) is 6.54 Å². The molecule has 0 aliphatic rings. The van der Waals surface area contributed by atoms with Gasteiger partial charge in [-0.15, -0.1) is 0 Å². The van der Waals surface area contributed by atoms with Gasteiger partial charge in [0, 0.05) is 12.6 Å². The minimum absolute atomic E-state index is 0.0138. The van der Waals surface area contributed by atoms with Gasteiger partial charge < -0.3 is 5.32 Å². The van der Waals surface area contributed by atoms with Crippen LogP contribution in [0.4, 0.5) is 5.69 Å². The molecule has 0 saturated carbocycles. The summed E-state index contributed by atoms with van der Waals surface area (Å²) < 4.78 is 0. The number of thiocarbonyl (C=S) groups is 1. The summed E-state index contributed by atoms with van der Waals surface area (Å²) in [5.41, 5.74) is 3.08. The molecule has 1 aromatic rings. The largest absolute Gasteiger partial charge is 0.361 e. The third-order valence-electron chi connectivity index (χ3n) is 2.57. The third kappa shape index (κ3) is 5.75. The van der Waals surface area contributed by atoms with Gasteiger partial charge in [-0.25, -0.2) is 0 Å². The lowest BCUT2D eigenvalue weighted by Gasteiger charge is -2.05. The van der Waals surface area contributed by atoms with Gasteiger partial charge in [-0.1, -0.05) is 31.9 Å². The number of hydrazone groups is 1. The van der Waals surface area contributed by atoms with E-state index < -0.39 is 4.92 Å². The van der Waals surface area contributed by atoms with Gasteiger partial charge in [0.15, 0.2) is 5.11 Å². The Kier molecular flexibility index (Phi) is 7.20. The number of hydrogen-bond donors (Lipinski definition) is 2. The average Bonchev–Trinajstić information content (AvgIpc) is 2.44. The Balaban J connectivity index is 2.45. The fraction of sp³-hybridized carbons (Fsp3) is 0.385. The number of benzene rings is 1. The zero-order valence-corrected chi connectivity index (χ0v) is 12.2. The van der Waals surface area contributed by atoms with E-state index in [1.807, 2.05) is 0 Å². The number of nitrogens with one attached hydrogen (secondary N) is 2. The van der Waals surface area contributed by atoms with E-state index in [1.54, 1.807) is 18.2 Å². The van der Waals surface area contributed by atoms with Crippen molar-refractivity contribution in [3.63, 3.8) is 0 Å². The second-order valence-electron chi connectivity index (χ2n) is 4.15. The van der Waals surface area contributed by atoms with Crippen LogP contribution in [0.2, 0.25) is 0 Å². The van der Waals surface area contributed by atoms with Gasteiger partial charge in [0.25, 0.3) is 5.69 Å². The minimum Gasteiger partial charge on any atom is -0.361 e. The lowest BCUT2D eigenvalue weighted by molar-refractivity contribution is -0.385. The van der Waals surface area contributed by atoms with E-state index >= 15 is 0 Å². The van der Waals surface area contributed by atoms with Crippen LogP contribution in [0.15, 0.2) is 29.4 Å². The Hall–Kier alpha value is -2.02. The summed E-state index contributed by atoms with van der Waals surface area (Å²) in [4.78, 5) is 10.4. The Labute approximate surface area is 123 Å². The van der Waals surface area contributed by atoms with Crippen molar-refractivity contribution < 1.29 is 4.92 Å². The molecule has 0 bridgehead atoms. The number of nitro groups is 1. The highest BCUT2D eigenvalue weighted by Gasteiger charge is 2.09. The molecule has 20 heavy (non-hydrogen) atoms. The smallest absolute Gasteiger partial charge is 0.278 e. The molecule has 0 saturated heterocycles. The third-order valence-corrected chi connectivity index (χ3v) is 2.80. The maximum atomic E-state index is 10.8. The van der Waals surface area contributed by atoms with Gasteiger partial charge in [0.1, 0.15) is 0 Å². The second-order valence-corrected chi connectivity index (χ2v) is 4.56. The highest BCUT2D eigenvalue weighted by Crippen LogP contribution is 2.14. The first kappa shape index (κ1) is 16.0. The molecule has 0 spiro atoms. The molecule has 0 aliphatic heterocycles. The highest BCUT2D eigenvalue weighted by molar-refractivity contribution is 7.80. The molecule has 0 atom stereocenters. The van der Waals surface area contributed by atoms with Crippen LogP contribution in [0.25, 0.3) is 0 Å². The van der Waals surface area contributed by atoms with E-state index in [1.165, 1.54) is 12.3 Å². The Morgan fingerprint density at radius 1 is 1.45 bits per heavy atom. The first-order valence-corrected chi connectivity index (χ1v) is 6.86. The molecule has 1 aromatic carbocycles. The molecule has 7 heteroatoms. The predicted octanol–water partition coefficient (Wildman–Crippen LogP) is 2.58. The van der Waals surface area contributed by atoms with Gasteiger partial charge in [0.2, 0.25) is 0 Å². The van der Waals surface area contributed by atoms with Crippen molar-refractivity contribution in [1.82, 2.24) is 10.7 Å². The number of nitrogens with zero attached hydrogens (tertiary/aromatic N) is 2. The van der Waals surface area contributed by atoms with Crippen LogP contribution in [0, 0.1) is 10.1 Å². The Morgan fingerprint density at radius 3 is 2.90 bits per heavy atom. The van der Waals surface area contributed by atoms with E-state index in [9.17, 15) is 10.1 Å². The molecule has 1 rings (SSSR count). The summed E-state index contributed by atoms with van der Waals surface area (Å²) in [7, 11) is 0. The molecular weight excluding hydrogens is 276 g/mol. The highest BCUT2D eigenvalue weighted by atomic mass is 32.1. The van der Waals surface area contributed by atoms with Crippen LogP contribution in [0.1, 0.15) is 31.7 Å². The number of para-hydroxylation sites is 1. The van der Waals surface area contributed by atoms with Crippen molar-refractivity contribution >= 4 is 29.2 Å². The van der Waals surface area contributed by atoms with Crippen LogP contribution in [-0.2, 0) is 0 Å². The normalized spacial score (nSPS) is 10.4. The summed E-state index contributed by atoms with van der Waals surface area (Å²) in [6.07, 6.45) is 4.73. The molecule has 0 aromatic heterocycles. The van der Waals surface area contributed by atoms with E-state index in [4.69, 9.17) is 12.2 Å². The first-order chi connectivity index (χ1) is 9.65. The zero-order chi connectivity index (χ0) is 14.8. The van der Waals surface area contributed by atoms with Gasteiger partial charge in [-0.05, 0) is 24.7 Å².